The highest BCUT2D eigenvalue weighted by Crippen LogP contribution is 2.33. The van der Waals surface area contributed by atoms with Crippen LogP contribution in [0.4, 0.5) is 5.69 Å². The molecule has 6 heteroatoms. The molecule has 0 aliphatic heterocycles. The van der Waals surface area contributed by atoms with Gasteiger partial charge in [-0.05, 0) is 35.7 Å². The molecule has 0 saturated carbocycles. The minimum absolute atomic E-state index is 0.881. The fourth-order valence-corrected chi connectivity index (χ4v) is 4.20. The molecule has 3 heterocycles. The van der Waals surface area contributed by atoms with Gasteiger partial charge >= 0.3 is 0 Å². The Balaban J connectivity index is 1.61. The second-order valence-electron chi connectivity index (χ2n) is 5.60. The second-order valence-corrected chi connectivity index (χ2v) is 7.61. The van der Waals surface area contributed by atoms with Crippen LogP contribution in [0.5, 0.6) is 0 Å². The van der Waals surface area contributed by atoms with Gasteiger partial charge in [0.2, 0.25) is 0 Å². The molecular weight excluding hydrogens is 336 g/mol. The van der Waals surface area contributed by atoms with Crippen LogP contribution < -0.4 is 4.90 Å². The van der Waals surface area contributed by atoms with Crippen LogP contribution in [0.25, 0.3) is 26.0 Å². The monoisotopic (exact) mass is 352 g/mol. The Bertz CT molecular complexity index is 934. The lowest BCUT2D eigenvalue weighted by molar-refractivity contribution is 0.815. The Morgan fingerprint density at radius 2 is 1.79 bits per heavy atom. The summed E-state index contributed by atoms with van der Waals surface area (Å²) in [7, 11) is 4.07. The summed E-state index contributed by atoms with van der Waals surface area (Å²) in [4.78, 5) is 4.62. The van der Waals surface area contributed by atoms with E-state index in [1.807, 2.05) is 25.0 Å². The first-order valence-electron chi connectivity index (χ1n) is 7.55. The zero-order valence-electron chi connectivity index (χ0n) is 13.4. The van der Waals surface area contributed by atoms with Crippen molar-refractivity contribution in [2.75, 3.05) is 19.0 Å². The summed E-state index contributed by atoms with van der Waals surface area (Å²) in [6.45, 7) is 0. The fraction of sp³-hybridized carbons (Fsp3) is 0.111. The van der Waals surface area contributed by atoms with E-state index in [0.717, 1.165) is 16.3 Å². The van der Waals surface area contributed by atoms with E-state index in [9.17, 15) is 0 Å². The molecule has 0 bridgehead atoms. The quantitative estimate of drug-likeness (QED) is 0.529. The molecule has 0 N–H and O–H groups in total. The molecule has 0 unspecified atom stereocenters. The SMILES string of the molecule is CN(C)c1ccc(-c2cn(-c3ccc(-c4cccs4)s3)nn2)cc1. The van der Waals surface area contributed by atoms with Gasteiger partial charge in [-0.3, -0.25) is 0 Å². The summed E-state index contributed by atoms with van der Waals surface area (Å²) in [5, 5.41) is 11.8. The molecule has 3 aromatic heterocycles. The van der Waals surface area contributed by atoms with Crippen molar-refractivity contribution in [3.63, 3.8) is 0 Å². The van der Waals surface area contributed by atoms with Gasteiger partial charge in [-0.15, -0.1) is 27.8 Å². The van der Waals surface area contributed by atoms with Gasteiger partial charge in [-0.1, -0.05) is 23.4 Å². The first kappa shape index (κ1) is 15.1. The van der Waals surface area contributed by atoms with E-state index in [1.54, 1.807) is 22.7 Å². The highest BCUT2D eigenvalue weighted by molar-refractivity contribution is 7.22. The summed E-state index contributed by atoms with van der Waals surface area (Å²) >= 11 is 3.47. The zero-order valence-corrected chi connectivity index (χ0v) is 15.0. The molecular formula is C18H16N4S2. The van der Waals surface area contributed by atoms with Crippen LogP contribution in [0, 0.1) is 0 Å². The Morgan fingerprint density at radius 1 is 0.958 bits per heavy atom. The number of hydrogen-bond donors (Lipinski definition) is 0. The molecule has 1 aromatic carbocycles. The van der Waals surface area contributed by atoms with Gasteiger partial charge < -0.3 is 4.90 Å². The highest BCUT2D eigenvalue weighted by atomic mass is 32.1. The lowest BCUT2D eigenvalue weighted by Crippen LogP contribution is -2.07. The topological polar surface area (TPSA) is 34.0 Å². The molecule has 120 valence electrons. The maximum absolute atomic E-state index is 4.32. The lowest BCUT2D eigenvalue weighted by Gasteiger charge is -2.11. The van der Waals surface area contributed by atoms with E-state index in [4.69, 9.17) is 0 Å². The molecule has 24 heavy (non-hydrogen) atoms. The van der Waals surface area contributed by atoms with Gasteiger partial charge in [0.1, 0.15) is 10.7 Å². The minimum atomic E-state index is 0.881. The summed E-state index contributed by atoms with van der Waals surface area (Å²) in [5.74, 6) is 0. The average molecular weight is 352 g/mol. The van der Waals surface area contributed by atoms with Crippen molar-refractivity contribution in [2.24, 2.45) is 0 Å². The van der Waals surface area contributed by atoms with E-state index in [2.05, 4.69) is 69.1 Å². The van der Waals surface area contributed by atoms with Crippen molar-refractivity contribution in [2.45, 2.75) is 0 Å². The predicted octanol–water partition coefficient (Wildman–Crippen LogP) is 4.79. The Kier molecular flexibility index (Phi) is 3.92. The fourth-order valence-electron chi connectivity index (χ4n) is 2.44. The lowest BCUT2D eigenvalue weighted by atomic mass is 10.1. The second kappa shape index (κ2) is 6.22. The highest BCUT2D eigenvalue weighted by Gasteiger charge is 2.09. The largest absolute Gasteiger partial charge is 0.378 e. The van der Waals surface area contributed by atoms with Crippen LogP contribution in [0.2, 0.25) is 0 Å². The van der Waals surface area contributed by atoms with Gasteiger partial charge in [0.15, 0.2) is 0 Å². The first-order valence-corrected chi connectivity index (χ1v) is 9.24. The first-order chi connectivity index (χ1) is 11.7. The zero-order chi connectivity index (χ0) is 16.5. The number of thiophene rings is 2. The molecule has 0 amide bonds. The standard InChI is InChI=1S/C18H16N4S2/c1-21(2)14-7-5-13(6-8-14)15-12-22(20-19-15)18-10-9-17(24-18)16-4-3-11-23-16/h3-12H,1-2H3. The maximum atomic E-state index is 4.32. The molecule has 0 saturated heterocycles. The molecule has 4 rings (SSSR count). The summed E-state index contributed by atoms with van der Waals surface area (Å²) in [6.07, 6.45) is 1.98. The van der Waals surface area contributed by atoms with E-state index < -0.39 is 0 Å². The minimum Gasteiger partial charge on any atom is -0.378 e. The van der Waals surface area contributed by atoms with Crippen molar-refractivity contribution in [3.05, 3.63) is 60.1 Å². The van der Waals surface area contributed by atoms with E-state index in [0.29, 0.717) is 0 Å². The van der Waals surface area contributed by atoms with Gasteiger partial charge in [0, 0.05) is 35.1 Å². The summed E-state index contributed by atoms with van der Waals surface area (Å²) in [5.41, 5.74) is 3.12. The Labute approximate surface area is 148 Å². The van der Waals surface area contributed by atoms with E-state index in [1.165, 1.54) is 15.4 Å². The molecule has 4 nitrogen and oxygen atoms in total. The number of aromatic nitrogens is 3. The van der Waals surface area contributed by atoms with Crippen LogP contribution in [-0.4, -0.2) is 29.1 Å². The molecule has 0 aliphatic carbocycles. The number of rotatable bonds is 4. The maximum Gasteiger partial charge on any atom is 0.119 e. The predicted molar refractivity (Wildman–Crippen MR) is 102 cm³/mol. The van der Waals surface area contributed by atoms with Gasteiger partial charge in [0.25, 0.3) is 0 Å². The van der Waals surface area contributed by atoms with Crippen LogP contribution in [0.15, 0.2) is 60.1 Å². The third-order valence-corrected chi connectivity index (χ3v) is 5.90. The van der Waals surface area contributed by atoms with Crippen molar-refractivity contribution in [3.8, 4) is 26.0 Å². The molecule has 0 aliphatic rings. The summed E-state index contributed by atoms with van der Waals surface area (Å²) in [6, 6.07) is 16.8. The van der Waals surface area contributed by atoms with Crippen LogP contribution in [-0.2, 0) is 0 Å². The Hall–Kier alpha value is -2.44. The number of benzene rings is 1. The van der Waals surface area contributed by atoms with Crippen LogP contribution in [0.3, 0.4) is 0 Å². The smallest absolute Gasteiger partial charge is 0.119 e. The van der Waals surface area contributed by atoms with E-state index in [-0.39, 0.29) is 0 Å². The average Bonchev–Trinajstić information content (AvgIpc) is 3.33. The third-order valence-electron chi connectivity index (χ3n) is 3.75. The van der Waals surface area contributed by atoms with Crippen molar-refractivity contribution in [1.29, 1.82) is 0 Å². The normalized spacial score (nSPS) is 10.9. The van der Waals surface area contributed by atoms with Gasteiger partial charge in [-0.2, -0.15) is 0 Å². The Morgan fingerprint density at radius 3 is 2.50 bits per heavy atom. The van der Waals surface area contributed by atoms with Crippen LogP contribution >= 0.6 is 22.7 Å². The van der Waals surface area contributed by atoms with Gasteiger partial charge in [-0.25, -0.2) is 4.68 Å². The third kappa shape index (κ3) is 2.86. The van der Waals surface area contributed by atoms with Crippen LogP contribution in [0.1, 0.15) is 0 Å². The van der Waals surface area contributed by atoms with Crippen molar-refractivity contribution >= 4 is 28.4 Å². The molecule has 4 aromatic rings. The number of anilines is 1. The number of nitrogens with zero attached hydrogens (tertiary/aromatic N) is 4. The molecule has 0 atom stereocenters. The molecule has 0 spiro atoms. The van der Waals surface area contributed by atoms with E-state index >= 15 is 0 Å². The van der Waals surface area contributed by atoms with Crippen molar-refractivity contribution in [1.82, 2.24) is 15.0 Å². The summed E-state index contributed by atoms with van der Waals surface area (Å²) < 4.78 is 1.84. The van der Waals surface area contributed by atoms with Gasteiger partial charge in [0.05, 0.1) is 6.20 Å². The molecule has 0 radical (unpaired) electrons. The van der Waals surface area contributed by atoms with Crippen molar-refractivity contribution < 1.29 is 0 Å². The number of hydrogen-bond acceptors (Lipinski definition) is 5. The molecule has 0 fully saturated rings.